The van der Waals surface area contributed by atoms with Crippen LogP contribution in [0.25, 0.3) is 0 Å². The molecule has 0 aliphatic carbocycles. The number of benzene rings is 1. The van der Waals surface area contributed by atoms with Crippen molar-refractivity contribution in [1.82, 2.24) is 15.5 Å². The molecule has 2 aliphatic heterocycles. The summed E-state index contributed by atoms with van der Waals surface area (Å²) in [6.45, 7) is 7.36. The third-order valence-corrected chi connectivity index (χ3v) is 5.62. The van der Waals surface area contributed by atoms with E-state index in [1.807, 2.05) is 31.3 Å². The predicted molar refractivity (Wildman–Crippen MR) is 108 cm³/mol. The maximum Gasteiger partial charge on any atom is 0.251 e. The fraction of sp³-hybridized carbons (Fsp3) is 0.619. The third kappa shape index (κ3) is 5.01. The van der Waals surface area contributed by atoms with Crippen LogP contribution in [0.3, 0.4) is 0 Å². The molecular weight excluding hydrogens is 340 g/mol. The first-order valence-electron chi connectivity index (χ1n) is 10.1. The van der Waals surface area contributed by atoms with E-state index in [9.17, 15) is 4.79 Å². The summed E-state index contributed by atoms with van der Waals surface area (Å²) in [5, 5.41) is 6.41. The van der Waals surface area contributed by atoms with Crippen LogP contribution in [-0.2, 0) is 11.3 Å². The molecule has 6 nitrogen and oxygen atoms in total. The quantitative estimate of drug-likeness (QED) is 0.457. The number of guanidine groups is 1. The minimum atomic E-state index is -0.0000776. The number of likely N-dealkylation sites (tertiary alicyclic amines) is 1. The molecule has 1 amide bonds. The monoisotopic (exact) mass is 372 g/mol. The second-order valence-electron chi connectivity index (χ2n) is 7.68. The van der Waals surface area contributed by atoms with Gasteiger partial charge in [0, 0.05) is 50.8 Å². The van der Waals surface area contributed by atoms with Crippen LogP contribution in [0.4, 0.5) is 0 Å². The summed E-state index contributed by atoms with van der Waals surface area (Å²) in [6.07, 6.45) is 4.42. The average molecular weight is 373 g/mol. The number of carbonyl (C=O) groups excluding carboxylic acids is 1. The Bertz CT molecular complexity index is 651. The Morgan fingerprint density at radius 2 is 2.07 bits per heavy atom. The van der Waals surface area contributed by atoms with E-state index < -0.39 is 0 Å². The molecular formula is C21H32N4O2. The lowest BCUT2D eigenvalue weighted by Crippen LogP contribution is -2.41. The lowest BCUT2D eigenvalue weighted by Gasteiger charge is -2.25. The largest absolute Gasteiger partial charge is 0.381 e. The molecule has 148 valence electrons. The first kappa shape index (κ1) is 19.7. The third-order valence-electron chi connectivity index (χ3n) is 5.62. The molecule has 0 radical (unpaired) electrons. The molecule has 2 saturated heterocycles. The van der Waals surface area contributed by atoms with Crippen LogP contribution in [0.15, 0.2) is 29.3 Å². The van der Waals surface area contributed by atoms with Gasteiger partial charge in [0.1, 0.15) is 0 Å². The Hall–Kier alpha value is -2.08. The number of nitrogens with one attached hydrogen (secondary N) is 2. The maximum absolute atomic E-state index is 12.1. The van der Waals surface area contributed by atoms with Crippen molar-refractivity contribution >= 4 is 11.9 Å². The number of unbranched alkanes of at least 4 members (excludes halogenated alkanes) is 1. The smallest absolute Gasteiger partial charge is 0.251 e. The summed E-state index contributed by atoms with van der Waals surface area (Å²) < 4.78 is 5.61. The average Bonchev–Trinajstić information content (AvgIpc) is 3.33. The highest BCUT2D eigenvalue weighted by Gasteiger charge is 2.42. The Morgan fingerprint density at radius 1 is 1.26 bits per heavy atom. The second kappa shape index (κ2) is 9.22. The summed E-state index contributed by atoms with van der Waals surface area (Å²) in [7, 11) is 1.84. The van der Waals surface area contributed by atoms with Crippen LogP contribution in [0, 0.1) is 5.41 Å². The Balaban J connectivity index is 1.49. The molecule has 2 aliphatic rings. The van der Waals surface area contributed by atoms with Gasteiger partial charge in [-0.25, -0.2) is 0 Å². The number of ether oxygens (including phenoxy) is 1. The van der Waals surface area contributed by atoms with Crippen molar-refractivity contribution in [3.63, 3.8) is 0 Å². The molecule has 1 aromatic rings. The normalized spacial score (nSPS) is 22.4. The van der Waals surface area contributed by atoms with Crippen molar-refractivity contribution < 1.29 is 9.53 Å². The van der Waals surface area contributed by atoms with Gasteiger partial charge in [0.25, 0.3) is 5.91 Å². The molecule has 0 saturated carbocycles. The van der Waals surface area contributed by atoms with E-state index in [0.29, 0.717) is 17.5 Å². The van der Waals surface area contributed by atoms with Gasteiger partial charge in [-0.15, -0.1) is 0 Å². The van der Waals surface area contributed by atoms with Crippen molar-refractivity contribution in [1.29, 1.82) is 0 Å². The van der Waals surface area contributed by atoms with E-state index in [0.717, 1.165) is 63.6 Å². The zero-order chi connectivity index (χ0) is 19.1. The highest BCUT2D eigenvalue weighted by Crippen LogP contribution is 2.38. The highest BCUT2D eigenvalue weighted by atomic mass is 16.5. The fourth-order valence-electron chi connectivity index (χ4n) is 3.86. The van der Waals surface area contributed by atoms with Crippen molar-refractivity contribution in [3.8, 4) is 0 Å². The molecule has 6 heteroatoms. The minimum Gasteiger partial charge on any atom is -0.381 e. The highest BCUT2D eigenvalue weighted by molar-refractivity contribution is 5.94. The van der Waals surface area contributed by atoms with E-state index in [-0.39, 0.29) is 5.91 Å². The van der Waals surface area contributed by atoms with E-state index in [4.69, 9.17) is 4.74 Å². The van der Waals surface area contributed by atoms with Gasteiger partial charge in [0.05, 0.1) is 6.61 Å². The topological polar surface area (TPSA) is 66.0 Å². The standard InChI is InChI=1S/C21H32N4O2/c1-3-4-11-23-19(26)18-7-5-17(6-8-18)14-24-20(22-2)25-12-9-21(15-25)10-13-27-16-21/h5-8H,3-4,9-16H2,1-2H3,(H,22,24)(H,23,26). The lowest BCUT2D eigenvalue weighted by molar-refractivity contribution is 0.0953. The number of hydrogen-bond acceptors (Lipinski definition) is 3. The van der Waals surface area contributed by atoms with Gasteiger partial charge in [0.2, 0.25) is 0 Å². The molecule has 3 rings (SSSR count). The number of hydrogen-bond donors (Lipinski definition) is 2. The molecule has 27 heavy (non-hydrogen) atoms. The van der Waals surface area contributed by atoms with E-state index >= 15 is 0 Å². The van der Waals surface area contributed by atoms with E-state index in [1.54, 1.807) is 0 Å². The summed E-state index contributed by atoms with van der Waals surface area (Å²) >= 11 is 0. The van der Waals surface area contributed by atoms with Gasteiger partial charge in [-0.1, -0.05) is 25.5 Å². The number of rotatable bonds is 6. The summed E-state index contributed by atoms with van der Waals surface area (Å²) in [5.74, 6) is 0.945. The molecule has 1 unspecified atom stereocenters. The van der Waals surface area contributed by atoms with E-state index in [2.05, 4.69) is 27.4 Å². The van der Waals surface area contributed by atoms with Gasteiger partial charge in [-0.05, 0) is 37.0 Å². The molecule has 1 spiro atoms. The molecule has 2 fully saturated rings. The van der Waals surface area contributed by atoms with Crippen molar-refractivity contribution in [2.75, 3.05) is 39.9 Å². The van der Waals surface area contributed by atoms with Crippen LogP contribution in [0.5, 0.6) is 0 Å². The Kier molecular flexibility index (Phi) is 6.72. The summed E-state index contributed by atoms with van der Waals surface area (Å²) in [6, 6.07) is 7.79. The zero-order valence-corrected chi connectivity index (χ0v) is 16.6. The predicted octanol–water partition coefficient (Wildman–Crippen LogP) is 2.40. The van der Waals surface area contributed by atoms with Crippen LogP contribution in [0.1, 0.15) is 48.5 Å². The molecule has 0 bridgehead atoms. The molecule has 2 N–H and O–H groups in total. The molecule has 1 aromatic carbocycles. The van der Waals surface area contributed by atoms with Gasteiger partial charge in [0.15, 0.2) is 5.96 Å². The Labute approximate surface area is 162 Å². The first-order chi connectivity index (χ1) is 13.2. The van der Waals surface area contributed by atoms with Crippen molar-refractivity contribution in [2.45, 2.75) is 39.2 Å². The van der Waals surface area contributed by atoms with Gasteiger partial charge in [-0.2, -0.15) is 0 Å². The molecule has 0 aromatic heterocycles. The van der Waals surface area contributed by atoms with Gasteiger partial charge < -0.3 is 20.3 Å². The maximum atomic E-state index is 12.1. The van der Waals surface area contributed by atoms with Crippen LogP contribution < -0.4 is 10.6 Å². The lowest BCUT2D eigenvalue weighted by atomic mass is 9.87. The SMILES string of the molecule is CCCCNC(=O)c1ccc(CNC(=NC)N2CCC3(CCOC3)C2)cc1. The second-order valence-corrected chi connectivity index (χ2v) is 7.68. The van der Waals surface area contributed by atoms with Crippen LogP contribution in [-0.4, -0.2) is 56.7 Å². The minimum absolute atomic E-state index is 0.0000776. The number of aliphatic imine (C=N–C) groups is 1. The molecule has 1 atom stereocenters. The number of carbonyl (C=O) groups is 1. The Morgan fingerprint density at radius 3 is 2.74 bits per heavy atom. The first-order valence-corrected chi connectivity index (χ1v) is 10.1. The zero-order valence-electron chi connectivity index (χ0n) is 16.6. The summed E-state index contributed by atoms with van der Waals surface area (Å²) in [5.41, 5.74) is 2.17. The van der Waals surface area contributed by atoms with Crippen molar-refractivity contribution in [3.05, 3.63) is 35.4 Å². The van der Waals surface area contributed by atoms with Gasteiger partial charge in [-0.3, -0.25) is 9.79 Å². The fourth-order valence-corrected chi connectivity index (χ4v) is 3.86. The summed E-state index contributed by atoms with van der Waals surface area (Å²) in [4.78, 5) is 18.9. The number of amides is 1. The van der Waals surface area contributed by atoms with Crippen LogP contribution >= 0.6 is 0 Å². The number of nitrogens with zero attached hydrogens (tertiary/aromatic N) is 2. The van der Waals surface area contributed by atoms with Gasteiger partial charge >= 0.3 is 0 Å². The molecule has 2 heterocycles. The van der Waals surface area contributed by atoms with Crippen LogP contribution in [0.2, 0.25) is 0 Å². The van der Waals surface area contributed by atoms with E-state index in [1.165, 1.54) is 6.42 Å². The van der Waals surface area contributed by atoms with Crippen molar-refractivity contribution in [2.24, 2.45) is 10.4 Å².